The van der Waals surface area contributed by atoms with Gasteiger partial charge in [0.2, 0.25) is 5.91 Å². The van der Waals surface area contributed by atoms with Gasteiger partial charge in [-0.1, -0.05) is 307 Å². The Kier molecular flexibility index (Phi) is 60.0. The molecule has 6 heteroatoms. The molecule has 0 aliphatic carbocycles. The van der Waals surface area contributed by atoms with Gasteiger partial charge >= 0.3 is 5.97 Å². The van der Waals surface area contributed by atoms with Crippen LogP contribution in [0.1, 0.15) is 348 Å². The Morgan fingerprint density at radius 2 is 0.694 bits per heavy atom. The highest BCUT2D eigenvalue weighted by molar-refractivity contribution is 5.76. The SMILES string of the molecule is CCCCCC/C=C\C/C=C\CCCCCCCC(=O)OCCCCCCCCCCCCCCCCCCCCCCCCCC(=O)NC(CO)C(O)/C=C/CCCCCCCCCCCCCCCC. The molecule has 0 aromatic carbocycles. The van der Waals surface area contributed by atoms with Crippen molar-refractivity contribution >= 4 is 11.9 Å². The number of carbonyl (C=O) groups is 2. The standard InChI is InChI=1S/C66H125NO5/c1-3-5-7-9-11-13-15-17-19-30-34-38-42-46-50-54-58-64(69)63(62-68)67-65(70)59-55-51-47-43-39-35-31-28-26-24-22-21-23-25-27-29-33-37-41-45-49-53-57-61-72-66(71)60-56-52-48-44-40-36-32-20-18-16-14-12-10-8-6-4-2/h14,16,20,32,54,58,63-64,68-69H,3-13,15,17-19,21-31,33-53,55-57,59-62H2,1-2H3,(H,67,70)/b16-14-,32-20-,58-54+. The van der Waals surface area contributed by atoms with Gasteiger partial charge in [-0.25, -0.2) is 0 Å². The van der Waals surface area contributed by atoms with Gasteiger partial charge in [-0.3, -0.25) is 9.59 Å². The largest absolute Gasteiger partial charge is 0.466 e. The van der Waals surface area contributed by atoms with Crippen LogP contribution in [0.15, 0.2) is 36.5 Å². The molecule has 2 unspecified atom stereocenters. The maximum Gasteiger partial charge on any atom is 0.305 e. The molecule has 0 heterocycles. The first-order valence-electron chi connectivity index (χ1n) is 32.3. The Labute approximate surface area is 449 Å². The van der Waals surface area contributed by atoms with Crippen LogP contribution in [0.25, 0.3) is 0 Å². The fourth-order valence-electron chi connectivity index (χ4n) is 9.96. The number of hydrogen-bond donors (Lipinski definition) is 3. The van der Waals surface area contributed by atoms with Crippen molar-refractivity contribution in [3.63, 3.8) is 0 Å². The van der Waals surface area contributed by atoms with Gasteiger partial charge in [0.1, 0.15) is 0 Å². The van der Waals surface area contributed by atoms with Gasteiger partial charge in [-0.2, -0.15) is 0 Å². The average molecular weight is 1010 g/mol. The Balaban J connectivity index is 3.40. The van der Waals surface area contributed by atoms with Crippen LogP contribution < -0.4 is 5.32 Å². The minimum absolute atomic E-state index is 0.000580. The summed E-state index contributed by atoms with van der Waals surface area (Å²) in [5.41, 5.74) is 0. The predicted molar refractivity (Wildman–Crippen MR) is 315 cm³/mol. The second kappa shape index (κ2) is 61.6. The molecule has 0 aliphatic rings. The van der Waals surface area contributed by atoms with Crippen LogP contribution in [0.5, 0.6) is 0 Å². The van der Waals surface area contributed by atoms with Gasteiger partial charge in [-0.05, 0) is 64.2 Å². The number of ether oxygens (including phenoxy) is 1. The van der Waals surface area contributed by atoms with E-state index in [0.29, 0.717) is 19.4 Å². The molecule has 0 fully saturated rings. The number of allylic oxidation sites excluding steroid dienone is 5. The Morgan fingerprint density at radius 1 is 0.389 bits per heavy atom. The highest BCUT2D eigenvalue weighted by Gasteiger charge is 2.18. The molecule has 3 N–H and O–H groups in total. The van der Waals surface area contributed by atoms with E-state index >= 15 is 0 Å². The van der Waals surface area contributed by atoms with E-state index in [2.05, 4.69) is 43.5 Å². The monoisotopic (exact) mass is 1010 g/mol. The number of aliphatic hydroxyl groups is 2. The smallest absolute Gasteiger partial charge is 0.305 e. The van der Waals surface area contributed by atoms with Crippen molar-refractivity contribution in [3.05, 3.63) is 36.5 Å². The molecule has 0 bridgehead atoms. The van der Waals surface area contributed by atoms with Gasteiger partial charge in [0.25, 0.3) is 0 Å². The number of aliphatic hydroxyl groups excluding tert-OH is 2. The quantitative estimate of drug-likeness (QED) is 0.0320. The summed E-state index contributed by atoms with van der Waals surface area (Å²) in [6, 6.07) is -0.628. The second-order valence-corrected chi connectivity index (χ2v) is 22.1. The Hall–Kier alpha value is -1.92. The van der Waals surface area contributed by atoms with Gasteiger partial charge in [0.05, 0.1) is 25.4 Å². The molecular weight excluding hydrogens is 887 g/mol. The number of rotatable bonds is 60. The van der Waals surface area contributed by atoms with Crippen LogP contribution in [0.2, 0.25) is 0 Å². The third-order valence-corrected chi connectivity index (χ3v) is 14.9. The first kappa shape index (κ1) is 70.1. The lowest BCUT2D eigenvalue weighted by molar-refractivity contribution is -0.143. The van der Waals surface area contributed by atoms with Crippen LogP contribution in [0.3, 0.4) is 0 Å². The van der Waals surface area contributed by atoms with Gasteiger partial charge in [0.15, 0.2) is 0 Å². The third kappa shape index (κ3) is 57.4. The molecule has 424 valence electrons. The normalized spacial score (nSPS) is 12.8. The molecule has 0 rings (SSSR count). The van der Waals surface area contributed by atoms with Crippen molar-refractivity contribution < 1.29 is 24.5 Å². The second-order valence-electron chi connectivity index (χ2n) is 22.1. The average Bonchev–Trinajstić information content (AvgIpc) is 3.38. The Morgan fingerprint density at radius 3 is 1.07 bits per heavy atom. The lowest BCUT2D eigenvalue weighted by atomic mass is 10.0. The fraction of sp³-hybridized carbons (Fsp3) is 0.879. The summed E-state index contributed by atoms with van der Waals surface area (Å²) >= 11 is 0. The topological polar surface area (TPSA) is 95.9 Å². The number of hydrogen-bond acceptors (Lipinski definition) is 5. The Bertz CT molecular complexity index is 1170. The molecule has 0 aliphatic heterocycles. The number of amides is 1. The minimum Gasteiger partial charge on any atom is -0.466 e. The van der Waals surface area contributed by atoms with Crippen LogP contribution >= 0.6 is 0 Å². The molecule has 1 amide bonds. The van der Waals surface area contributed by atoms with Gasteiger partial charge < -0.3 is 20.3 Å². The molecule has 0 spiro atoms. The van der Waals surface area contributed by atoms with Crippen molar-refractivity contribution in [2.45, 2.75) is 360 Å². The maximum absolute atomic E-state index is 12.5. The van der Waals surface area contributed by atoms with E-state index in [9.17, 15) is 19.8 Å². The first-order valence-corrected chi connectivity index (χ1v) is 32.3. The first-order chi connectivity index (χ1) is 35.5. The predicted octanol–water partition coefficient (Wildman–Crippen LogP) is 20.4. The van der Waals surface area contributed by atoms with Crippen molar-refractivity contribution in [2.75, 3.05) is 13.2 Å². The van der Waals surface area contributed by atoms with E-state index in [1.165, 1.54) is 270 Å². The minimum atomic E-state index is -0.844. The zero-order chi connectivity index (χ0) is 52.2. The van der Waals surface area contributed by atoms with Crippen molar-refractivity contribution in [1.82, 2.24) is 5.32 Å². The molecule has 0 radical (unpaired) electrons. The zero-order valence-electron chi connectivity index (χ0n) is 48.4. The van der Waals surface area contributed by atoms with Crippen molar-refractivity contribution in [3.8, 4) is 0 Å². The van der Waals surface area contributed by atoms with Crippen LogP contribution in [0, 0.1) is 0 Å². The van der Waals surface area contributed by atoms with E-state index in [0.717, 1.165) is 51.4 Å². The van der Waals surface area contributed by atoms with Crippen LogP contribution in [-0.2, 0) is 14.3 Å². The number of unbranched alkanes of at least 4 members (excludes halogenated alkanes) is 45. The van der Waals surface area contributed by atoms with E-state index in [-0.39, 0.29) is 18.5 Å². The fourth-order valence-corrected chi connectivity index (χ4v) is 9.96. The van der Waals surface area contributed by atoms with E-state index in [4.69, 9.17) is 4.74 Å². The van der Waals surface area contributed by atoms with Crippen molar-refractivity contribution in [2.24, 2.45) is 0 Å². The van der Waals surface area contributed by atoms with E-state index in [1.807, 2.05) is 6.08 Å². The highest BCUT2D eigenvalue weighted by atomic mass is 16.5. The number of nitrogens with one attached hydrogen (secondary N) is 1. The molecule has 0 aromatic rings. The molecular formula is C66H125NO5. The molecule has 2 atom stereocenters. The molecule has 72 heavy (non-hydrogen) atoms. The number of esters is 1. The van der Waals surface area contributed by atoms with Gasteiger partial charge in [0, 0.05) is 12.8 Å². The molecule has 0 saturated heterocycles. The number of carbonyl (C=O) groups excluding carboxylic acids is 2. The third-order valence-electron chi connectivity index (χ3n) is 14.9. The maximum atomic E-state index is 12.5. The van der Waals surface area contributed by atoms with Crippen molar-refractivity contribution in [1.29, 1.82) is 0 Å². The summed E-state index contributed by atoms with van der Waals surface area (Å²) in [7, 11) is 0. The summed E-state index contributed by atoms with van der Waals surface area (Å²) in [6.45, 7) is 4.90. The molecule has 0 aromatic heterocycles. The molecule has 6 nitrogen and oxygen atoms in total. The summed E-state index contributed by atoms with van der Waals surface area (Å²) in [6.07, 6.45) is 77.6. The zero-order valence-corrected chi connectivity index (χ0v) is 48.4. The van der Waals surface area contributed by atoms with E-state index in [1.54, 1.807) is 6.08 Å². The van der Waals surface area contributed by atoms with Crippen LogP contribution in [-0.4, -0.2) is 47.4 Å². The molecule has 0 saturated carbocycles. The summed E-state index contributed by atoms with van der Waals surface area (Å²) < 4.78 is 5.48. The van der Waals surface area contributed by atoms with Gasteiger partial charge in [-0.15, -0.1) is 0 Å². The lowest BCUT2D eigenvalue weighted by Crippen LogP contribution is -2.45. The summed E-state index contributed by atoms with van der Waals surface area (Å²) in [5, 5.41) is 23.2. The van der Waals surface area contributed by atoms with Crippen LogP contribution in [0.4, 0.5) is 0 Å². The highest BCUT2D eigenvalue weighted by Crippen LogP contribution is 2.18. The summed E-state index contributed by atoms with van der Waals surface area (Å²) in [5.74, 6) is -0.0653. The summed E-state index contributed by atoms with van der Waals surface area (Å²) in [4.78, 5) is 24.5. The van der Waals surface area contributed by atoms with E-state index < -0.39 is 12.1 Å². The lowest BCUT2D eigenvalue weighted by Gasteiger charge is -2.20.